The number of halogens is 1. The molecule has 1 aromatic heterocycles. The van der Waals surface area contributed by atoms with Gasteiger partial charge in [0.2, 0.25) is 0 Å². The van der Waals surface area contributed by atoms with Crippen LogP contribution in [0, 0.1) is 21.4 Å². The molecule has 0 saturated carbocycles. The molecule has 0 aliphatic rings. The van der Waals surface area contributed by atoms with Crippen LogP contribution in [0.15, 0.2) is 50.8 Å². The number of ether oxygens (including phenoxy) is 1. The fourth-order valence-corrected chi connectivity index (χ4v) is 3.12. The monoisotopic (exact) mass is 469 g/mol. The Bertz CT molecular complexity index is 1260. The van der Waals surface area contributed by atoms with Gasteiger partial charge in [-0.25, -0.2) is 4.98 Å². The van der Waals surface area contributed by atoms with Crippen molar-refractivity contribution in [2.45, 2.75) is 19.8 Å². The molecule has 10 heteroatoms. The molecule has 1 heterocycles. The van der Waals surface area contributed by atoms with Gasteiger partial charge in [0.05, 0.1) is 22.0 Å². The van der Waals surface area contributed by atoms with Gasteiger partial charge >= 0.3 is 0 Å². The molecule has 0 aliphatic heterocycles. The van der Waals surface area contributed by atoms with E-state index in [9.17, 15) is 14.9 Å². The van der Waals surface area contributed by atoms with Gasteiger partial charge in [0.25, 0.3) is 11.2 Å². The zero-order chi connectivity index (χ0) is 21.8. The molecule has 0 spiro atoms. The van der Waals surface area contributed by atoms with E-state index in [0.29, 0.717) is 16.7 Å². The van der Waals surface area contributed by atoms with Crippen LogP contribution in [-0.2, 0) is 0 Å². The number of nitro benzene ring substituents is 1. The molecule has 0 atom stereocenters. The standard InChI is InChI=1S/C20H16BrN5O4/c1-12(2)19-24-17-5-3-14(21)10-16(17)20(27)25(19)23-11-13-9-15(26(28)29)4-6-18(13)30-8-7-22/h3-6,9-12H,8H2,1-2H3. The van der Waals surface area contributed by atoms with E-state index >= 15 is 0 Å². The van der Waals surface area contributed by atoms with Crippen molar-refractivity contribution in [3.63, 3.8) is 0 Å². The molecule has 0 saturated heterocycles. The molecule has 30 heavy (non-hydrogen) atoms. The molecule has 3 rings (SSSR count). The van der Waals surface area contributed by atoms with Gasteiger partial charge in [-0.05, 0) is 24.3 Å². The highest BCUT2D eigenvalue weighted by Crippen LogP contribution is 2.23. The lowest BCUT2D eigenvalue weighted by Gasteiger charge is -2.12. The highest BCUT2D eigenvalue weighted by atomic mass is 79.9. The maximum absolute atomic E-state index is 13.1. The van der Waals surface area contributed by atoms with Crippen molar-refractivity contribution in [1.82, 2.24) is 9.66 Å². The molecule has 0 radical (unpaired) electrons. The number of hydrogen-bond donors (Lipinski definition) is 0. The summed E-state index contributed by atoms with van der Waals surface area (Å²) in [6.45, 7) is 3.53. The summed E-state index contributed by atoms with van der Waals surface area (Å²) in [6.07, 6.45) is 1.29. The third-order valence-electron chi connectivity index (χ3n) is 4.16. The molecule has 2 aromatic carbocycles. The molecule has 3 aromatic rings. The fourth-order valence-electron chi connectivity index (χ4n) is 2.76. The maximum Gasteiger partial charge on any atom is 0.282 e. The summed E-state index contributed by atoms with van der Waals surface area (Å²) in [7, 11) is 0. The van der Waals surface area contributed by atoms with E-state index in [1.807, 2.05) is 19.9 Å². The van der Waals surface area contributed by atoms with E-state index in [2.05, 4.69) is 26.0 Å². The maximum atomic E-state index is 13.1. The first-order valence-corrected chi connectivity index (χ1v) is 9.66. The van der Waals surface area contributed by atoms with E-state index < -0.39 is 4.92 Å². The van der Waals surface area contributed by atoms with Crippen LogP contribution in [0.4, 0.5) is 5.69 Å². The van der Waals surface area contributed by atoms with Crippen LogP contribution >= 0.6 is 15.9 Å². The van der Waals surface area contributed by atoms with Crippen molar-refractivity contribution >= 4 is 38.7 Å². The highest BCUT2D eigenvalue weighted by molar-refractivity contribution is 9.10. The van der Waals surface area contributed by atoms with Crippen LogP contribution in [0.25, 0.3) is 10.9 Å². The van der Waals surface area contributed by atoms with Gasteiger partial charge in [-0.2, -0.15) is 15.0 Å². The Balaban J connectivity index is 2.18. The molecule has 0 unspecified atom stereocenters. The van der Waals surface area contributed by atoms with Crippen molar-refractivity contribution in [2.24, 2.45) is 5.10 Å². The Hall–Kier alpha value is -3.58. The second-order valence-electron chi connectivity index (χ2n) is 6.57. The lowest BCUT2D eigenvalue weighted by Crippen LogP contribution is -2.23. The van der Waals surface area contributed by atoms with Gasteiger partial charge in [-0.15, -0.1) is 0 Å². The number of hydrogen-bond acceptors (Lipinski definition) is 7. The largest absolute Gasteiger partial charge is 0.478 e. The first-order chi connectivity index (χ1) is 14.3. The Morgan fingerprint density at radius 3 is 2.80 bits per heavy atom. The summed E-state index contributed by atoms with van der Waals surface area (Å²) in [4.78, 5) is 28.2. The SMILES string of the molecule is CC(C)c1nc2ccc(Br)cc2c(=O)n1N=Cc1cc([N+](=O)[O-])ccc1OCC#N. The third-order valence-corrected chi connectivity index (χ3v) is 4.65. The van der Waals surface area contributed by atoms with E-state index in [1.54, 1.807) is 18.2 Å². The molecular weight excluding hydrogens is 454 g/mol. The van der Waals surface area contributed by atoms with E-state index in [4.69, 9.17) is 10.00 Å². The quantitative estimate of drug-likeness (QED) is 0.305. The molecule has 0 N–H and O–H groups in total. The van der Waals surface area contributed by atoms with Crippen molar-refractivity contribution in [3.8, 4) is 11.8 Å². The van der Waals surface area contributed by atoms with Gasteiger partial charge in [-0.3, -0.25) is 14.9 Å². The number of non-ortho nitro benzene ring substituents is 1. The van der Waals surface area contributed by atoms with Crippen LogP contribution in [-0.4, -0.2) is 27.4 Å². The minimum absolute atomic E-state index is 0.109. The molecule has 152 valence electrons. The lowest BCUT2D eigenvalue weighted by atomic mass is 10.2. The molecule has 0 bridgehead atoms. The first-order valence-electron chi connectivity index (χ1n) is 8.86. The number of rotatable bonds is 6. The Labute approximate surface area is 179 Å². The zero-order valence-corrected chi connectivity index (χ0v) is 17.7. The topological polar surface area (TPSA) is 123 Å². The Morgan fingerprint density at radius 2 is 2.13 bits per heavy atom. The minimum atomic E-state index is -0.549. The second kappa shape index (κ2) is 8.84. The number of nitro groups is 1. The second-order valence-corrected chi connectivity index (χ2v) is 7.49. The molecule has 0 amide bonds. The smallest absolute Gasteiger partial charge is 0.282 e. The van der Waals surface area contributed by atoms with Gasteiger partial charge in [-0.1, -0.05) is 29.8 Å². The summed E-state index contributed by atoms with van der Waals surface area (Å²) in [6, 6.07) is 11.0. The summed E-state index contributed by atoms with van der Waals surface area (Å²) in [5, 5.41) is 24.5. The average Bonchev–Trinajstić information content (AvgIpc) is 2.71. The molecule has 0 fully saturated rings. The molecular formula is C20H16BrN5O4. The van der Waals surface area contributed by atoms with Crippen LogP contribution < -0.4 is 10.3 Å². The van der Waals surface area contributed by atoms with E-state index in [-0.39, 0.29) is 35.1 Å². The number of nitriles is 1. The number of nitrogens with zero attached hydrogens (tertiary/aromatic N) is 5. The van der Waals surface area contributed by atoms with Crippen LogP contribution in [0.1, 0.15) is 31.2 Å². The van der Waals surface area contributed by atoms with Crippen LogP contribution in [0.5, 0.6) is 5.75 Å². The van der Waals surface area contributed by atoms with Crippen LogP contribution in [0.2, 0.25) is 0 Å². The van der Waals surface area contributed by atoms with Gasteiger partial charge in [0.15, 0.2) is 6.61 Å². The predicted octanol–water partition coefficient (Wildman–Crippen LogP) is 3.98. The summed E-state index contributed by atoms with van der Waals surface area (Å²) in [5.74, 6) is 0.569. The number of fused-ring (bicyclic) bond motifs is 1. The minimum Gasteiger partial charge on any atom is -0.478 e. The molecule has 9 nitrogen and oxygen atoms in total. The van der Waals surface area contributed by atoms with Crippen molar-refractivity contribution in [3.05, 3.63) is 72.7 Å². The average molecular weight is 470 g/mol. The van der Waals surface area contributed by atoms with Crippen molar-refractivity contribution in [1.29, 1.82) is 5.26 Å². The van der Waals surface area contributed by atoms with Crippen molar-refractivity contribution < 1.29 is 9.66 Å². The zero-order valence-electron chi connectivity index (χ0n) is 16.1. The summed E-state index contributed by atoms with van der Waals surface area (Å²) in [5.41, 5.74) is 0.270. The fraction of sp³-hybridized carbons (Fsp3) is 0.200. The van der Waals surface area contributed by atoms with Crippen LogP contribution in [0.3, 0.4) is 0 Å². The van der Waals surface area contributed by atoms with E-state index in [0.717, 1.165) is 4.47 Å². The third kappa shape index (κ3) is 4.36. The summed E-state index contributed by atoms with van der Waals surface area (Å²) < 4.78 is 7.22. The van der Waals surface area contributed by atoms with Gasteiger partial charge < -0.3 is 4.74 Å². The Kier molecular flexibility index (Phi) is 6.23. The predicted molar refractivity (Wildman–Crippen MR) is 115 cm³/mol. The normalized spacial score (nSPS) is 11.2. The first kappa shape index (κ1) is 21.1. The highest BCUT2D eigenvalue weighted by Gasteiger charge is 2.15. The lowest BCUT2D eigenvalue weighted by molar-refractivity contribution is -0.384. The van der Waals surface area contributed by atoms with Gasteiger partial charge in [0, 0.05) is 28.1 Å². The molecule has 0 aliphatic carbocycles. The summed E-state index contributed by atoms with van der Waals surface area (Å²) >= 11 is 3.35. The number of aromatic nitrogens is 2. The van der Waals surface area contributed by atoms with Crippen molar-refractivity contribution in [2.75, 3.05) is 6.61 Å². The number of benzene rings is 2. The Morgan fingerprint density at radius 1 is 1.37 bits per heavy atom. The van der Waals surface area contributed by atoms with Gasteiger partial charge in [0.1, 0.15) is 17.6 Å². The van der Waals surface area contributed by atoms with E-state index in [1.165, 1.54) is 29.1 Å².